The fraction of sp³-hybridized carbons (Fsp3) is 0.0833. The number of anilines is 2. The molecule has 7 nitrogen and oxygen atoms in total. The van der Waals surface area contributed by atoms with E-state index in [4.69, 9.17) is 16.0 Å². The molecule has 1 aromatic heterocycles. The molecule has 0 aliphatic carbocycles. The number of hydrogen-bond donors (Lipinski definition) is 3. The molecule has 0 bridgehead atoms. The minimum Gasteiger partial charge on any atom is -0.457 e. The monoisotopic (exact) mass is 635 g/mol. The average molecular weight is 636 g/mol. The van der Waals surface area contributed by atoms with Gasteiger partial charge in [0.2, 0.25) is 5.91 Å². The standard InChI is InChI=1S/C36H30ClN3O4S/c1-23-30(37)14-9-15-31(23)39-34(41)24(2)45-29-19-16-27(17-20-29)38-36(43)32(40-35(42)26-12-7-4-8-13-26)22-28-18-21-33(44-28)25-10-5-3-6-11-25/h3-22,24H,1-2H3,(H,38,43)(H,39,41)(H,40,42)/b32-22+. The molecule has 0 spiro atoms. The summed E-state index contributed by atoms with van der Waals surface area (Å²) in [7, 11) is 0. The third-order valence-corrected chi connectivity index (χ3v) is 8.34. The molecule has 5 aromatic rings. The molecule has 3 N–H and O–H groups in total. The second kappa shape index (κ2) is 14.6. The van der Waals surface area contributed by atoms with Gasteiger partial charge in [-0.15, -0.1) is 11.8 Å². The Hall–Kier alpha value is -5.05. The maximum atomic E-state index is 13.4. The van der Waals surface area contributed by atoms with E-state index >= 15 is 0 Å². The van der Waals surface area contributed by atoms with Crippen LogP contribution in [0.15, 0.2) is 130 Å². The number of benzene rings is 4. The highest BCUT2D eigenvalue weighted by molar-refractivity contribution is 8.00. The fourth-order valence-electron chi connectivity index (χ4n) is 4.32. The van der Waals surface area contributed by atoms with Crippen LogP contribution in [0.2, 0.25) is 5.02 Å². The van der Waals surface area contributed by atoms with Gasteiger partial charge in [-0.05, 0) is 80.1 Å². The first-order chi connectivity index (χ1) is 21.8. The van der Waals surface area contributed by atoms with Crippen LogP contribution in [0.25, 0.3) is 17.4 Å². The number of hydrogen-bond acceptors (Lipinski definition) is 5. The number of carbonyl (C=O) groups is 3. The van der Waals surface area contributed by atoms with Gasteiger partial charge in [-0.1, -0.05) is 66.2 Å². The highest BCUT2D eigenvalue weighted by atomic mass is 35.5. The Labute approximate surface area is 270 Å². The van der Waals surface area contributed by atoms with Gasteiger partial charge >= 0.3 is 0 Å². The van der Waals surface area contributed by atoms with Crippen molar-refractivity contribution >= 4 is 58.5 Å². The summed E-state index contributed by atoms with van der Waals surface area (Å²) < 4.78 is 5.96. The van der Waals surface area contributed by atoms with Crippen molar-refractivity contribution in [3.05, 3.63) is 143 Å². The fourth-order valence-corrected chi connectivity index (χ4v) is 5.36. The molecule has 4 aromatic carbocycles. The molecule has 0 saturated heterocycles. The molecule has 45 heavy (non-hydrogen) atoms. The van der Waals surface area contributed by atoms with Gasteiger partial charge in [0.1, 0.15) is 17.2 Å². The molecule has 3 amide bonds. The summed E-state index contributed by atoms with van der Waals surface area (Å²) in [5.74, 6) is -0.0742. The summed E-state index contributed by atoms with van der Waals surface area (Å²) in [4.78, 5) is 40.1. The van der Waals surface area contributed by atoms with Crippen molar-refractivity contribution in [3.8, 4) is 11.3 Å². The molecule has 5 rings (SSSR count). The van der Waals surface area contributed by atoms with Crippen LogP contribution in [-0.4, -0.2) is 23.0 Å². The molecule has 0 radical (unpaired) electrons. The van der Waals surface area contributed by atoms with Gasteiger partial charge in [-0.2, -0.15) is 0 Å². The zero-order valence-corrected chi connectivity index (χ0v) is 26.1. The molecule has 9 heteroatoms. The predicted molar refractivity (Wildman–Crippen MR) is 181 cm³/mol. The number of thioether (sulfide) groups is 1. The Morgan fingerprint density at radius 3 is 2.20 bits per heavy atom. The quantitative estimate of drug-likeness (QED) is 0.106. The number of furan rings is 1. The topological polar surface area (TPSA) is 100 Å². The Morgan fingerprint density at radius 1 is 0.800 bits per heavy atom. The van der Waals surface area contributed by atoms with E-state index in [0.717, 1.165) is 16.0 Å². The van der Waals surface area contributed by atoms with Gasteiger partial charge in [0.05, 0.1) is 5.25 Å². The highest BCUT2D eigenvalue weighted by Gasteiger charge is 2.18. The molecule has 226 valence electrons. The third-order valence-electron chi connectivity index (χ3n) is 6.82. The second-order valence-corrected chi connectivity index (χ2v) is 11.9. The first-order valence-corrected chi connectivity index (χ1v) is 15.4. The largest absolute Gasteiger partial charge is 0.457 e. The van der Waals surface area contributed by atoms with Gasteiger partial charge in [0.15, 0.2) is 0 Å². The lowest BCUT2D eigenvalue weighted by molar-refractivity contribution is -0.115. The summed E-state index contributed by atoms with van der Waals surface area (Å²) in [5, 5.41) is 8.69. The average Bonchev–Trinajstić information content (AvgIpc) is 3.53. The number of carbonyl (C=O) groups excluding carboxylic acids is 3. The third kappa shape index (κ3) is 8.32. The second-order valence-electron chi connectivity index (χ2n) is 10.1. The molecular weight excluding hydrogens is 606 g/mol. The lowest BCUT2D eigenvalue weighted by Gasteiger charge is -2.15. The molecule has 1 unspecified atom stereocenters. The van der Waals surface area contributed by atoms with Gasteiger partial charge in [0, 0.05) is 38.5 Å². The molecule has 1 heterocycles. The van der Waals surface area contributed by atoms with Gasteiger partial charge in [-0.3, -0.25) is 14.4 Å². The minimum absolute atomic E-state index is 0.0119. The number of nitrogens with one attached hydrogen (secondary N) is 3. The normalized spacial score (nSPS) is 11.8. The van der Waals surface area contributed by atoms with Crippen LogP contribution in [-0.2, 0) is 9.59 Å². The highest BCUT2D eigenvalue weighted by Crippen LogP contribution is 2.28. The van der Waals surface area contributed by atoms with Crippen molar-refractivity contribution in [1.82, 2.24) is 5.32 Å². The van der Waals surface area contributed by atoms with Crippen LogP contribution in [0.1, 0.15) is 28.6 Å². The van der Waals surface area contributed by atoms with Crippen LogP contribution in [0, 0.1) is 6.92 Å². The van der Waals surface area contributed by atoms with Gasteiger partial charge in [-0.25, -0.2) is 0 Å². The number of halogens is 1. The first kappa shape index (κ1) is 31.4. The number of rotatable bonds is 10. The summed E-state index contributed by atoms with van der Waals surface area (Å²) in [6.07, 6.45) is 1.49. The molecular formula is C36H30ClN3O4S. The Kier molecular flexibility index (Phi) is 10.2. The van der Waals surface area contributed by atoms with Crippen molar-refractivity contribution in [2.75, 3.05) is 10.6 Å². The number of amides is 3. The van der Waals surface area contributed by atoms with E-state index in [-0.39, 0.29) is 16.9 Å². The summed E-state index contributed by atoms with van der Waals surface area (Å²) >= 11 is 7.56. The van der Waals surface area contributed by atoms with E-state index in [2.05, 4.69) is 16.0 Å². The van der Waals surface area contributed by atoms with E-state index in [0.29, 0.717) is 33.5 Å². The maximum Gasteiger partial charge on any atom is 0.272 e. The van der Waals surface area contributed by atoms with Gasteiger partial charge < -0.3 is 20.4 Å². The summed E-state index contributed by atoms with van der Waals surface area (Å²) in [5.41, 5.74) is 3.30. The van der Waals surface area contributed by atoms with Crippen LogP contribution >= 0.6 is 23.4 Å². The predicted octanol–water partition coefficient (Wildman–Crippen LogP) is 8.44. The molecule has 1 atom stereocenters. The van der Waals surface area contributed by atoms with Crippen molar-refractivity contribution in [2.24, 2.45) is 0 Å². The van der Waals surface area contributed by atoms with Crippen molar-refractivity contribution in [2.45, 2.75) is 24.0 Å². The molecule has 0 fully saturated rings. The molecule has 0 aliphatic heterocycles. The summed E-state index contributed by atoms with van der Waals surface area (Å²) in [6, 6.07) is 34.3. The minimum atomic E-state index is -0.526. The Morgan fingerprint density at radius 2 is 1.49 bits per heavy atom. The van der Waals surface area contributed by atoms with Crippen LogP contribution in [0.3, 0.4) is 0 Å². The first-order valence-electron chi connectivity index (χ1n) is 14.1. The van der Waals surface area contributed by atoms with Crippen LogP contribution in [0.5, 0.6) is 0 Å². The smallest absolute Gasteiger partial charge is 0.272 e. The zero-order valence-electron chi connectivity index (χ0n) is 24.5. The van der Waals surface area contributed by atoms with E-state index in [1.54, 1.807) is 54.6 Å². The van der Waals surface area contributed by atoms with E-state index in [1.165, 1.54) is 17.8 Å². The van der Waals surface area contributed by atoms with E-state index in [1.807, 2.05) is 74.5 Å². The van der Waals surface area contributed by atoms with Crippen LogP contribution < -0.4 is 16.0 Å². The van der Waals surface area contributed by atoms with E-state index < -0.39 is 11.8 Å². The maximum absolute atomic E-state index is 13.4. The van der Waals surface area contributed by atoms with Gasteiger partial charge in [0.25, 0.3) is 11.8 Å². The van der Waals surface area contributed by atoms with Crippen molar-refractivity contribution in [3.63, 3.8) is 0 Å². The SMILES string of the molecule is Cc1c(Cl)cccc1NC(=O)C(C)Sc1ccc(NC(=O)/C(=C\c2ccc(-c3ccccc3)o2)NC(=O)c2ccccc2)cc1. The lowest BCUT2D eigenvalue weighted by atomic mass is 10.2. The lowest BCUT2D eigenvalue weighted by Crippen LogP contribution is -2.30. The van der Waals surface area contributed by atoms with Crippen molar-refractivity contribution < 1.29 is 18.8 Å². The van der Waals surface area contributed by atoms with Crippen molar-refractivity contribution in [1.29, 1.82) is 0 Å². The molecule has 0 saturated carbocycles. The Bertz CT molecular complexity index is 1840. The van der Waals surface area contributed by atoms with E-state index in [9.17, 15) is 14.4 Å². The Balaban J connectivity index is 1.28. The summed E-state index contributed by atoms with van der Waals surface area (Å²) in [6.45, 7) is 3.67. The van der Waals surface area contributed by atoms with Crippen LogP contribution in [0.4, 0.5) is 11.4 Å². The molecule has 0 aliphatic rings. The zero-order chi connectivity index (χ0) is 31.8.